The number of hydrogen-bond donors (Lipinski definition) is 0. The highest BCUT2D eigenvalue weighted by Crippen LogP contribution is 2.04. The first-order valence-corrected chi connectivity index (χ1v) is 3.98. The molecule has 0 radical (unpaired) electrons. The van der Waals surface area contributed by atoms with Crippen LogP contribution in [0, 0.1) is 5.92 Å². The SMILES string of the molecule is CC(C)Cc1cc(C=O)ncn1. The minimum atomic E-state index is 0.459. The molecule has 64 valence electrons. The number of aldehydes is 1. The first-order chi connectivity index (χ1) is 5.72. The topological polar surface area (TPSA) is 42.9 Å². The lowest BCUT2D eigenvalue weighted by molar-refractivity contribution is 0.111. The first-order valence-electron chi connectivity index (χ1n) is 3.98. The molecule has 12 heavy (non-hydrogen) atoms. The molecule has 1 rings (SSSR count). The van der Waals surface area contributed by atoms with Gasteiger partial charge in [-0.15, -0.1) is 0 Å². The second-order valence-electron chi connectivity index (χ2n) is 3.15. The first kappa shape index (κ1) is 8.84. The lowest BCUT2D eigenvalue weighted by Gasteiger charge is -2.02. The van der Waals surface area contributed by atoms with E-state index in [1.165, 1.54) is 6.33 Å². The van der Waals surface area contributed by atoms with Crippen molar-refractivity contribution < 1.29 is 4.79 Å². The number of carbonyl (C=O) groups excluding carboxylic acids is 1. The van der Waals surface area contributed by atoms with Gasteiger partial charge in [0.05, 0.1) is 0 Å². The maximum Gasteiger partial charge on any atom is 0.168 e. The van der Waals surface area contributed by atoms with Crippen LogP contribution < -0.4 is 0 Å². The van der Waals surface area contributed by atoms with Crippen LogP contribution in [0.25, 0.3) is 0 Å². The minimum Gasteiger partial charge on any atom is -0.296 e. The van der Waals surface area contributed by atoms with Crippen molar-refractivity contribution in [1.29, 1.82) is 0 Å². The summed E-state index contributed by atoms with van der Waals surface area (Å²) in [6, 6.07) is 1.73. The monoisotopic (exact) mass is 164 g/mol. The minimum absolute atomic E-state index is 0.459. The Morgan fingerprint density at radius 1 is 1.50 bits per heavy atom. The second kappa shape index (κ2) is 3.95. The third-order valence-corrected chi connectivity index (χ3v) is 1.48. The van der Waals surface area contributed by atoms with Gasteiger partial charge in [0.25, 0.3) is 0 Å². The van der Waals surface area contributed by atoms with Crippen LogP contribution in [0.5, 0.6) is 0 Å². The van der Waals surface area contributed by atoms with Crippen molar-refractivity contribution in [3.63, 3.8) is 0 Å². The van der Waals surface area contributed by atoms with Gasteiger partial charge in [-0.1, -0.05) is 13.8 Å². The number of hydrogen-bond acceptors (Lipinski definition) is 3. The van der Waals surface area contributed by atoms with Gasteiger partial charge in [0.2, 0.25) is 0 Å². The molecule has 0 amide bonds. The van der Waals surface area contributed by atoms with Crippen LogP contribution in [0.15, 0.2) is 12.4 Å². The van der Waals surface area contributed by atoms with Crippen molar-refractivity contribution >= 4 is 6.29 Å². The van der Waals surface area contributed by atoms with Crippen molar-refractivity contribution in [2.45, 2.75) is 20.3 Å². The molecule has 0 saturated carbocycles. The summed E-state index contributed by atoms with van der Waals surface area (Å²) in [5.74, 6) is 0.555. The lowest BCUT2D eigenvalue weighted by Crippen LogP contribution is -1.99. The van der Waals surface area contributed by atoms with Gasteiger partial charge in [0.15, 0.2) is 6.29 Å². The van der Waals surface area contributed by atoms with Gasteiger partial charge in [-0.3, -0.25) is 4.79 Å². The summed E-state index contributed by atoms with van der Waals surface area (Å²) in [6.07, 6.45) is 3.07. The standard InChI is InChI=1S/C9H12N2O/c1-7(2)3-8-4-9(5-12)11-6-10-8/h4-7H,3H2,1-2H3. The average Bonchev–Trinajstić information content (AvgIpc) is 2.03. The van der Waals surface area contributed by atoms with Gasteiger partial charge >= 0.3 is 0 Å². The van der Waals surface area contributed by atoms with Crippen LogP contribution in [-0.4, -0.2) is 16.3 Å². The highest BCUT2D eigenvalue weighted by Gasteiger charge is 2.00. The summed E-state index contributed by atoms with van der Waals surface area (Å²) in [6.45, 7) is 4.23. The van der Waals surface area contributed by atoms with E-state index >= 15 is 0 Å². The molecule has 0 aliphatic heterocycles. The number of aromatic nitrogens is 2. The Balaban J connectivity index is 2.79. The van der Waals surface area contributed by atoms with E-state index < -0.39 is 0 Å². The van der Waals surface area contributed by atoms with Crippen molar-refractivity contribution in [3.8, 4) is 0 Å². The van der Waals surface area contributed by atoms with Gasteiger partial charge in [-0.2, -0.15) is 0 Å². The summed E-state index contributed by atoms with van der Waals surface area (Å²) in [4.78, 5) is 18.2. The molecule has 0 aliphatic rings. The zero-order valence-electron chi connectivity index (χ0n) is 7.32. The molecule has 0 atom stereocenters. The largest absolute Gasteiger partial charge is 0.296 e. The summed E-state index contributed by atoms with van der Waals surface area (Å²) in [5.41, 5.74) is 1.39. The molecule has 0 bridgehead atoms. The highest BCUT2D eigenvalue weighted by molar-refractivity contribution is 5.71. The molecule has 3 nitrogen and oxygen atoms in total. The molecule has 3 heteroatoms. The molecule has 1 heterocycles. The van der Waals surface area contributed by atoms with Crippen LogP contribution in [0.4, 0.5) is 0 Å². The molecule has 0 saturated heterocycles. The van der Waals surface area contributed by atoms with E-state index in [4.69, 9.17) is 0 Å². The van der Waals surface area contributed by atoms with Crippen molar-refractivity contribution in [3.05, 3.63) is 23.8 Å². The Bertz CT molecular complexity index is 271. The van der Waals surface area contributed by atoms with Crippen molar-refractivity contribution in [2.75, 3.05) is 0 Å². The molecular formula is C9H12N2O. The van der Waals surface area contributed by atoms with Gasteiger partial charge in [-0.05, 0) is 18.4 Å². The van der Waals surface area contributed by atoms with Gasteiger partial charge < -0.3 is 0 Å². The Hall–Kier alpha value is -1.25. The molecule has 0 aliphatic carbocycles. The molecule has 0 aromatic carbocycles. The predicted octanol–water partition coefficient (Wildman–Crippen LogP) is 1.49. The molecule has 1 aromatic heterocycles. The molecule has 0 fully saturated rings. The summed E-state index contributed by atoms with van der Waals surface area (Å²) >= 11 is 0. The van der Waals surface area contributed by atoms with Gasteiger partial charge in [0.1, 0.15) is 12.0 Å². The molecule has 1 aromatic rings. The molecule has 0 N–H and O–H groups in total. The van der Waals surface area contributed by atoms with Crippen LogP contribution in [-0.2, 0) is 6.42 Å². The normalized spacial score (nSPS) is 10.2. The zero-order chi connectivity index (χ0) is 8.97. The van der Waals surface area contributed by atoms with Crippen LogP contribution in [0.3, 0.4) is 0 Å². The van der Waals surface area contributed by atoms with E-state index in [1.807, 2.05) is 0 Å². The van der Waals surface area contributed by atoms with E-state index in [0.717, 1.165) is 18.4 Å². The molecular weight excluding hydrogens is 152 g/mol. The summed E-state index contributed by atoms with van der Waals surface area (Å²) in [7, 11) is 0. The second-order valence-corrected chi connectivity index (χ2v) is 3.15. The van der Waals surface area contributed by atoms with Gasteiger partial charge in [-0.25, -0.2) is 9.97 Å². The van der Waals surface area contributed by atoms with Crippen molar-refractivity contribution in [2.24, 2.45) is 5.92 Å². The average molecular weight is 164 g/mol. The van der Waals surface area contributed by atoms with E-state index in [1.54, 1.807) is 6.07 Å². The Labute approximate surface area is 71.9 Å². The van der Waals surface area contributed by atoms with Crippen molar-refractivity contribution in [1.82, 2.24) is 9.97 Å². The van der Waals surface area contributed by atoms with E-state index in [9.17, 15) is 4.79 Å². The third-order valence-electron chi connectivity index (χ3n) is 1.48. The zero-order valence-corrected chi connectivity index (χ0v) is 7.32. The Kier molecular flexibility index (Phi) is 2.91. The van der Waals surface area contributed by atoms with Gasteiger partial charge in [0, 0.05) is 5.69 Å². The number of carbonyl (C=O) groups is 1. The lowest BCUT2D eigenvalue weighted by atomic mass is 10.1. The fraction of sp³-hybridized carbons (Fsp3) is 0.444. The fourth-order valence-electron chi connectivity index (χ4n) is 1.01. The van der Waals surface area contributed by atoms with E-state index in [0.29, 0.717) is 11.6 Å². The third kappa shape index (κ3) is 2.42. The quantitative estimate of drug-likeness (QED) is 0.635. The molecule has 0 spiro atoms. The summed E-state index contributed by atoms with van der Waals surface area (Å²) in [5, 5.41) is 0. The Morgan fingerprint density at radius 2 is 2.25 bits per heavy atom. The van der Waals surface area contributed by atoms with Crippen LogP contribution >= 0.6 is 0 Å². The smallest absolute Gasteiger partial charge is 0.168 e. The van der Waals surface area contributed by atoms with Crippen LogP contribution in [0.2, 0.25) is 0 Å². The molecule has 0 unspecified atom stereocenters. The summed E-state index contributed by atoms with van der Waals surface area (Å²) < 4.78 is 0. The van der Waals surface area contributed by atoms with Crippen LogP contribution in [0.1, 0.15) is 30.0 Å². The fourth-order valence-corrected chi connectivity index (χ4v) is 1.01. The predicted molar refractivity (Wildman–Crippen MR) is 46.0 cm³/mol. The highest BCUT2D eigenvalue weighted by atomic mass is 16.1. The van der Waals surface area contributed by atoms with E-state index in [-0.39, 0.29) is 0 Å². The van der Waals surface area contributed by atoms with E-state index in [2.05, 4.69) is 23.8 Å². The maximum atomic E-state index is 10.4. The maximum absolute atomic E-state index is 10.4. The number of rotatable bonds is 3. The Morgan fingerprint density at radius 3 is 2.83 bits per heavy atom. The number of nitrogens with zero attached hydrogens (tertiary/aromatic N) is 2.